The van der Waals surface area contributed by atoms with E-state index in [1.54, 1.807) is 18.2 Å². The van der Waals surface area contributed by atoms with Crippen LogP contribution in [0.1, 0.15) is 43.4 Å². The van der Waals surface area contributed by atoms with Crippen molar-refractivity contribution in [2.45, 2.75) is 32.2 Å². The van der Waals surface area contributed by atoms with Gasteiger partial charge >= 0.3 is 0 Å². The Morgan fingerprint density at radius 3 is 2.49 bits per heavy atom. The molecule has 0 aliphatic carbocycles. The lowest BCUT2D eigenvalue weighted by atomic mass is 9.95. The van der Waals surface area contributed by atoms with E-state index in [2.05, 4.69) is 6.92 Å². The monoisotopic (exact) mass is 481 g/mol. The molecule has 0 spiro atoms. The molecule has 4 rings (SSSR count). The van der Waals surface area contributed by atoms with Gasteiger partial charge in [0.15, 0.2) is 11.5 Å². The molecule has 186 valence electrons. The molecule has 2 aromatic rings. The summed E-state index contributed by atoms with van der Waals surface area (Å²) in [7, 11) is 1.53. The molecule has 2 aliphatic heterocycles. The Labute approximate surface area is 205 Å². The van der Waals surface area contributed by atoms with E-state index in [0.717, 1.165) is 19.3 Å². The number of ether oxygens (including phenoxy) is 4. The van der Waals surface area contributed by atoms with E-state index >= 15 is 0 Å². The van der Waals surface area contributed by atoms with Crippen molar-refractivity contribution in [1.82, 2.24) is 4.90 Å². The van der Waals surface area contributed by atoms with Crippen molar-refractivity contribution in [3.63, 3.8) is 0 Å². The van der Waals surface area contributed by atoms with Crippen LogP contribution in [0.5, 0.6) is 17.2 Å². The number of carbonyl (C=O) groups excluding carboxylic acids is 2. The van der Waals surface area contributed by atoms with Gasteiger partial charge in [-0.05, 0) is 42.3 Å². The average molecular weight is 482 g/mol. The molecule has 1 unspecified atom stereocenters. The maximum Gasteiger partial charge on any atom is 0.295 e. The molecule has 1 amide bonds. The lowest BCUT2D eigenvalue weighted by Gasteiger charge is -2.25. The minimum absolute atomic E-state index is 0.0272. The van der Waals surface area contributed by atoms with E-state index in [-0.39, 0.29) is 24.5 Å². The fourth-order valence-electron chi connectivity index (χ4n) is 4.28. The third kappa shape index (κ3) is 5.27. The van der Waals surface area contributed by atoms with E-state index in [1.807, 2.05) is 24.3 Å². The third-order valence-electron chi connectivity index (χ3n) is 6.10. The van der Waals surface area contributed by atoms with Crippen LogP contribution in [0.4, 0.5) is 0 Å². The van der Waals surface area contributed by atoms with E-state index in [9.17, 15) is 14.7 Å². The van der Waals surface area contributed by atoms with E-state index in [0.29, 0.717) is 48.2 Å². The molecule has 1 N–H and O–H groups in total. The topological polar surface area (TPSA) is 94.5 Å². The second kappa shape index (κ2) is 11.3. The van der Waals surface area contributed by atoms with Crippen LogP contribution in [0, 0.1) is 0 Å². The number of aliphatic hydroxyl groups excluding tert-OH is 1. The molecule has 1 saturated heterocycles. The number of rotatable bonds is 10. The van der Waals surface area contributed by atoms with Crippen molar-refractivity contribution in [2.75, 3.05) is 40.1 Å². The smallest absolute Gasteiger partial charge is 0.295 e. The quantitative estimate of drug-likeness (QED) is 0.236. The summed E-state index contributed by atoms with van der Waals surface area (Å²) in [6.45, 7) is 4.07. The fourth-order valence-corrected chi connectivity index (χ4v) is 4.28. The van der Waals surface area contributed by atoms with Crippen molar-refractivity contribution in [1.29, 1.82) is 0 Å². The van der Waals surface area contributed by atoms with Crippen molar-refractivity contribution in [2.24, 2.45) is 0 Å². The number of ketones is 1. The summed E-state index contributed by atoms with van der Waals surface area (Å²) in [6, 6.07) is 11.5. The van der Waals surface area contributed by atoms with Crippen LogP contribution in [0.3, 0.4) is 0 Å². The average Bonchev–Trinajstić information content (AvgIpc) is 3.14. The molecule has 2 heterocycles. The second-order valence-electron chi connectivity index (χ2n) is 8.47. The maximum absolute atomic E-state index is 13.1. The minimum Gasteiger partial charge on any atom is -0.507 e. The van der Waals surface area contributed by atoms with Crippen LogP contribution >= 0.6 is 0 Å². The minimum atomic E-state index is -0.757. The van der Waals surface area contributed by atoms with Crippen LogP contribution in [-0.2, 0) is 14.3 Å². The summed E-state index contributed by atoms with van der Waals surface area (Å²) in [5.74, 6) is 0.0922. The number of hydrogen-bond acceptors (Lipinski definition) is 7. The van der Waals surface area contributed by atoms with Gasteiger partial charge in [0.25, 0.3) is 11.7 Å². The molecule has 35 heavy (non-hydrogen) atoms. The van der Waals surface area contributed by atoms with E-state index in [4.69, 9.17) is 18.9 Å². The molecule has 0 bridgehead atoms. The molecule has 0 aromatic heterocycles. The Morgan fingerprint density at radius 2 is 1.77 bits per heavy atom. The number of fused-ring (bicyclic) bond motifs is 1. The number of amides is 1. The van der Waals surface area contributed by atoms with Gasteiger partial charge in [-0.2, -0.15) is 0 Å². The van der Waals surface area contributed by atoms with Gasteiger partial charge in [0.1, 0.15) is 24.7 Å². The Morgan fingerprint density at radius 1 is 1.03 bits per heavy atom. The predicted octanol–water partition coefficient (Wildman–Crippen LogP) is 4.09. The van der Waals surface area contributed by atoms with Crippen LogP contribution in [0.25, 0.3) is 5.76 Å². The number of methoxy groups -OCH3 is 1. The molecule has 2 aromatic carbocycles. The molecule has 1 fully saturated rings. The first-order valence-corrected chi connectivity index (χ1v) is 11.9. The summed E-state index contributed by atoms with van der Waals surface area (Å²) >= 11 is 0. The molecular weight excluding hydrogens is 450 g/mol. The SMILES string of the molecule is CCCCCOc1ccc(C2/C(=C(\O)c3ccc4c(c3)OCCO4)C(=O)C(=O)N2CCOC)cc1. The third-order valence-corrected chi connectivity index (χ3v) is 6.10. The van der Waals surface area contributed by atoms with Crippen molar-refractivity contribution in [3.8, 4) is 17.2 Å². The zero-order valence-corrected chi connectivity index (χ0v) is 20.1. The summed E-state index contributed by atoms with van der Waals surface area (Å²) in [5, 5.41) is 11.2. The van der Waals surface area contributed by atoms with Gasteiger partial charge in [0.05, 0.1) is 24.8 Å². The van der Waals surface area contributed by atoms with Crippen LogP contribution < -0.4 is 14.2 Å². The number of hydrogen-bond donors (Lipinski definition) is 1. The number of likely N-dealkylation sites (tertiary alicyclic amines) is 1. The maximum atomic E-state index is 13.1. The Balaban J connectivity index is 1.69. The Bertz CT molecular complexity index is 1090. The Kier molecular flexibility index (Phi) is 7.92. The number of benzene rings is 2. The first-order chi connectivity index (χ1) is 17.0. The first-order valence-electron chi connectivity index (χ1n) is 11.9. The zero-order chi connectivity index (χ0) is 24.8. The summed E-state index contributed by atoms with van der Waals surface area (Å²) < 4.78 is 22.1. The number of Topliss-reactive ketones (excluding diaryl/α,β-unsaturated/α-hetero) is 1. The van der Waals surface area contributed by atoms with Gasteiger partial charge in [-0.25, -0.2) is 0 Å². The van der Waals surface area contributed by atoms with Crippen LogP contribution in [-0.4, -0.2) is 61.8 Å². The lowest BCUT2D eigenvalue weighted by Crippen LogP contribution is -2.32. The highest BCUT2D eigenvalue weighted by Crippen LogP contribution is 2.41. The molecule has 2 aliphatic rings. The lowest BCUT2D eigenvalue weighted by molar-refractivity contribution is -0.140. The van der Waals surface area contributed by atoms with Crippen molar-refractivity contribution in [3.05, 3.63) is 59.2 Å². The predicted molar refractivity (Wildman–Crippen MR) is 130 cm³/mol. The molecule has 0 radical (unpaired) electrons. The highest BCUT2D eigenvalue weighted by atomic mass is 16.6. The number of carbonyl (C=O) groups is 2. The van der Waals surface area contributed by atoms with Gasteiger partial charge in [-0.15, -0.1) is 0 Å². The molecule has 1 atom stereocenters. The molecular formula is C27H31NO7. The number of aliphatic hydroxyl groups is 1. The van der Waals surface area contributed by atoms with Crippen LogP contribution in [0.15, 0.2) is 48.0 Å². The summed E-state index contributed by atoms with van der Waals surface area (Å²) in [4.78, 5) is 27.5. The number of nitrogens with zero attached hydrogens (tertiary/aromatic N) is 1. The second-order valence-corrected chi connectivity index (χ2v) is 8.47. The zero-order valence-electron chi connectivity index (χ0n) is 20.1. The molecule has 8 nitrogen and oxygen atoms in total. The van der Waals surface area contributed by atoms with Gasteiger partial charge in [-0.1, -0.05) is 31.9 Å². The highest BCUT2D eigenvalue weighted by molar-refractivity contribution is 6.46. The van der Waals surface area contributed by atoms with Gasteiger partial charge in [0.2, 0.25) is 0 Å². The van der Waals surface area contributed by atoms with Crippen molar-refractivity contribution < 1.29 is 33.6 Å². The largest absolute Gasteiger partial charge is 0.507 e. The van der Waals surface area contributed by atoms with E-state index in [1.165, 1.54) is 12.0 Å². The molecule has 0 saturated carbocycles. The number of unbranched alkanes of at least 4 members (excludes halogenated alkanes) is 2. The van der Waals surface area contributed by atoms with Crippen LogP contribution in [0.2, 0.25) is 0 Å². The van der Waals surface area contributed by atoms with Gasteiger partial charge in [0, 0.05) is 19.2 Å². The van der Waals surface area contributed by atoms with Gasteiger partial charge < -0.3 is 29.0 Å². The fraction of sp³-hybridized carbons (Fsp3) is 0.407. The summed E-state index contributed by atoms with van der Waals surface area (Å²) in [6.07, 6.45) is 3.20. The van der Waals surface area contributed by atoms with Gasteiger partial charge in [-0.3, -0.25) is 9.59 Å². The summed E-state index contributed by atoms with van der Waals surface area (Å²) in [5.41, 5.74) is 1.10. The van der Waals surface area contributed by atoms with Crippen molar-refractivity contribution >= 4 is 17.4 Å². The standard InChI is InChI=1S/C27H31NO7/c1-3-4-5-13-33-20-9-6-18(7-10-20)24-23(26(30)27(31)28(24)12-14-32-2)25(29)19-8-11-21-22(17-19)35-16-15-34-21/h6-11,17,24,29H,3-5,12-16H2,1-2H3/b25-23+. The normalized spacial score (nSPS) is 18.7. The molecule has 8 heteroatoms. The first kappa shape index (κ1) is 24.6. The Hall–Kier alpha value is -3.52. The highest BCUT2D eigenvalue weighted by Gasteiger charge is 2.46. The van der Waals surface area contributed by atoms with E-state index < -0.39 is 17.7 Å².